The van der Waals surface area contributed by atoms with Crippen LogP contribution in [-0.4, -0.2) is 32.1 Å². The Morgan fingerprint density at radius 1 is 1.47 bits per heavy atom. The minimum absolute atomic E-state index is 0.573. The Morgan fingerprint density at radius 3 is 3.00 bits per heavy atom. The second kappa shape index (κ2) is 4.11. The highest BCUT2D eigenvalue weighted by Crippen LogP contribution is 2.35. The average molecular weight is 206 g/mol. The molecule has 1 unspecified atom stereocenters. The van der Waals surface area contributed by atoms with Gasteiger partial charge in [0.2, 0.25) is 0 Å². The molecule has 0 fully saturated rings. The molecule has 0 spiro atoms. The van der Waals surface area contributed by atoms with Gasteiger partial charge < -0.3 is 15.4 Å². The zero-order valence-corrected chi connectivity index (χ0v) is 9.36. The number of hydrogen-bond donors (Lipinski definition) is 1. The molecule has 15 heavy (non-hydrogen) atoms. The van der Waals surface area contributed by atoms with Gasteiger partial charge in [-0.2, -0.15) is 0 Å². The van der Waals surface area contributed by atoms with Crippen LogP contribution in [0.5, 0.6) is 5.75 Å². The van der Waals surface area contributed by atoms with E-state index in [4.69, 9.17) is 10.5 Å². The van der Waals surface area contributed by atoms with E-state index in [1.54, 1.807) is 0 Å². The Balaban J connectivity index is 2.26. The van der Waals surface area contributed by atoms with Gasteiger partial charge in [-0.3, -0.25) is 0 Å². The molecule has 0 saturated heterocycles. The van der Waals surface area contributed by atoms with Gasteiger partial charge >= 0.3 is 0 Å². The summed E-state index contributed by atoms with van der Waals surface area (Å²) in [6.07, 6.45) is 1.09. The molecule has 2 rings (SSSR count). The second-order valence-corrected chi connectivity index (χ2v) is 4.39. The van der Waals surface area contributed by atoms with E-state index < -0.39 is 0 Å². The Kier molecular flexibility index (Phi) is 2.82. The lowest BCUT2D eigenvalue weighted by Gasteiger charge is -2.28. The van der Waals surface area contributed by atoms with Gasteiger partial charge in [-0.25, -0.2) is 0 Å². The summed E-state index contributed by atoms with van der Waals surface area (Å²) >= 11 is 0. The Bertz CT molecular complexity index is 349. The summed E-state index contributed by atoms with van der Waals surface area (Å²) in [6.45, 7) is 1.87. The average Bonchev–Trinajstić information content (AvgIpc) is 2.16. The van der Waals surface area contributed by atoms with Gasteiger partial charge in [-0.15, -0.1) is 0 Å². The highest BCUT2D eigenvalue weighted by Gasteiger charge is 2.21. The van der Waals surface area contributed by atoms with Crippen LogP contribution in [-0.2, 0) is 0 Å². The number of nitrogen functional groups attached to an aromatic ring is 1. The zero-order valence-electron chi connectivity index (χ0n) is 9.36. The third kappa shape index (κ3) is 2.23. The number of benzene rings is 1. The fraction of sp³-hybridized carbons (Fsp3) is 0.500. The molecule has 2 N–H and O–H groups in total. The van der Waals surface area contributed by atoms with Gasteiger partial charge in [0.1, 0.15) is 5.75 Å². The fourth-order valence-corrected chi connectivity index (χ4v) is 2.11. The van der Waals surface area contributed by atoms with Crippen LogP contribution in [0.1, 0.15) is 17.9 Å². The van der Waals surface area contributed by atoms with E-state index in [1.165, 1.54) is 5.56 Å². The number of rotatable bonds is 2. The quantitative estimate of drug-likeness (QED) is 0.748. The van der Waals surface area contributed by atoms with Crippen molar-refractivity contribution in [3.05, 3.63) is 23.8 Å². The van der Waals surface area contributed by atoms with Crippen molar-refractivity contribution in [2.75, 3.05) is 33.0 Å². The van der Waals surface area contributed by atoms with Crippen molar-refractivity contribution in [1.29, 1.82) is 0 Å². The molecule has 0 saturated carbocycles. The smallest absolute Gasteiger partial charge is 0.124 e. The summed E-state index contributed by atoms with van der Waals surface area (Å²) in [5, 5.41) is 0. The molecule has 0 radical (unpaired) electrons. The Labute approximate surface area is 90.8 Å². The minimum atomic E-state index is 0.573. The van der Waals surface area contributed by atoms with E-state index in [1.807, 2.05) is 12.1 Å². The van der Waals surface area contributed by atoms with Crippen LogP contribution < -0.4 is 10.5 Å². The molecule has 1 atom stereocenters. The summed E-state index contributed by atoms with van der Waals surface area (Å²) in [5.41, 5.74) is 7.81. The molecule has 0 amide bonds. The Morgan fingerprint density at radius 2 is 2.27 bits per heavy atom. The molecule has 1 aromatic rings. The van der Waals surface area contributed by atoms with E-state index >= 15 is 0 Å². The molecule has 1 aliphatic heterocycles. The topological polar surface area (TPSA) is 38.5 Å². The second-order valence-electron chi connectivity index (χ2n) is 4.39. The van der Waals surface area contributed by atoms with E-state index in [9.17, 15) is 0 Å². The molecule has 0 aromatic heterocycles. The molecule has 0 bridgehead atoms. The first kappa shape index (κ1) is 10.3. The largest absolute Gasteiger partial charge is 0.493 e. The van der Waals surface area contributed by atoms with Gasteiger partial charge in [0, 0.05) is 24.2 Å². The highest BCUT2D eigenvalue weighted by molar-refractivity contribution is 5.50. The maximum absolute atomic E-state index is 5.74. The number of hydrogen-bond acceptors (Lipinski definition) is 3. The normalized spacial score (nSPS) is 19.8. The van der Waals surface area contributed by atoms with E-state index in [2.05, 4.69) is 25.1 Å². The first-order valence-electron chi connectivity index (χ1n) is 5.34. The number of nitrogens with zero attached hydrogens (tertiary/aromatic N) is 1. The van der Waals surface area contributed by atoms with Crippen molar-refractivity contribution in [3.63, 3.8) is 0 Å². The van der Waals surface area contributed by atoms with E-state index in [-0.39, 0.29) is 0 Å². The fourth-order valence-electron chi connectivity index (χ4n) is 2.11. The molecule has 0 aliphatic carbocycles. The Hall–Kier alpha value is -1.22. The van der Waals surface area contributed by atoms with Crippen LogP contribution in [0.4, 0.5) is 5.69 Å². The molecule has 82 valence electrons. The minimum Gasteiger partial charge on any atom is -0.493 e. The summed E-state index contributed by atoms with van der Waals surface area (Å²) in [6, 6.07) is 5.98. The lowest BCUT2D eigenvalue weighted by molar-refractivity contribution is 0.245. The maximum Gasteiger partial charge on any atom is 0.124 e. The highest BCUT2D eigenvalue weighted by atomic mass is 16.5. The van der Waals surface area contributed by atoms with Crippen LogP contribution in [0.25, 0.3) is 0 Å². The lowest BCUT2D eigenvalue weighted by Crippen LogP contribution is -2.25. The van der Waals surface area contributed by atoms with Crippen molar-refractivity contribution >= 4 is 5.69 Å². The predicted octanol–water partition coefficient (Wildman–Crippen LogP) is 1.70. The monoisotopic (exact) mass is 206 g/mol. The SMILES string of the molecule is CN(C)CC1CCOc2cc(N)ccc21. The van der Waals surface area contributed by atoms with Crippen LogP contribution in [0.15, 0.2) is 18.2 Å². The van der Waals surface area contributed by atoms with Crippen molar-refractivity contribution in [2.45, 2.75) is 12.3 Å². The number of anilines is 1. The zero-order chi connectivity index (χ0) is 10.8. The first-order valence-corrected chi connectivity index (χ1v) is 5.34. The van der Waals surface area contributed by atoms with E-state index in [0.717, 1.165) is 31.0 Å². The van der Waals surface area contributed by atoms with Crippen molar-refractivity contribution in [1.82, 2.24) is 4.90 Å². The number of nitrogens with two attached hydrogens (primary N) is 1. The number of fused-ring (bicyclic) bond motifs is 1. The maximum atomic E-state index is 5.74. The summed E-state index contributed by atoms with van der Waals surface area (Å²) < 4.78 is 5.62. The molecule has 1 aromatic carbocycles. The van der Waals surface area contributed by atoms with Crippen molar-refractivity contribution in [2.24, 2.45) is 0 Å². The van der Waals surface area contributed by atoms with Crippen molar-refractivity contribution in [3.8, 4) is 5.75 Å². The van der Waals surface area contributed by atoms with Gasteiger partial charge in [0.15, 0.2) is 0 Å². The van der Waals surface area contributed by atoms with Crippen LogP contribution >= 0.6 is 0 Å². The molecular formula is C12H18N2O. The van der Waals surface area contributed by atoms with Crippen LogP contribution in [0.2, 0.25) is 0 Å². The van der Waals surface area contributed by atoms with Gasteiger partial charge in [0.25, 0.3) is 0 Å². The van der Waals surface area contributed by atoms with Crippen LogP contribution in [0, 0.1) is 0 Å². The van der Waals surface area contributed by atoms with Gasteiger partial charge in [-0.05, 0) is 32.1 Å². The molecule has 1 aliphatic rings. The predicted molar refractivity (Wildman–Crippen MR) is 62.3 cm³/mol. The number of ether oxygens (including phenoxy) is 1. The third-order valence-corrected chi connectivity index (χ3v) is 2.79. The van der Waals surface area contributed by atoms with Gasteiger partial charge in [0.05, 0.1) is 6.61 Å². The van der Waals surface area contributed by atoms with Gasteiger partial charge in [-0.1, -0.05) is 6.07 Å². The summed E-state index contributed by atoms with van der Waals surface area (Å²) in [4.78, 5) is 2.22. The lowest BCUT2D eigenvalue weighted by atomic mass is 9.92. The standard InChI is InChI=1S/C12H18N2O/c1-14(2)8-9-5-6-15-12-7-10(13)3-4-11(9)12/h3-4,7,9H,5-6,8,13H2,1-2H3. The first-order chi connectivity index (χ1) is 7.16. The molecule has 3 heteroatoms. The summed E-state index contributed by atoms with van der Waals surface area (Å²) in [7, 11) is 4.21. The third-order valence-electron chi connectivity index (χ3n) is 2.79. The molecular weight excluding hydrogens is 188 g/mol. The number of likely N-dealkylation sites (N-methyl/N-ethyl adjacent to an activating group) is 1. The van der Waals surface area contributed by atoms with E-state index in [0.29, 0.717) is 5.92 Å². The molecule has 3 nitrogen and oxygen atoms in total. The van der Waals surface area contributed by atoms with Crippen LogP contribution in [0.3, 0.4) is 0 Å². The van der Waals surface area contributed by atoms with Crippen molar-refractivity contribution < 1.29 is 4.74 Å². The summed E-state index contributed by atoms with van der Waals surface area (Å²) in [5.74, 6) is 1.54. The molecule has 1 heterocycles.